The van der Waals surface area contributed by atoms with Crippen molar-refractivity contribution < 1.29 is 4.79 Å². The fourth-order valence-electron chi connectivity index (χ4n) is 3.31. The number of nitrogens with zero attached hydrogens (tertiary/aromatic N) is 6. The van der Waals surface area contributed by atoms with Crippen molar-refractivity contribution >= 4 is 11.7 Å². The van der Waals surface area contributed by atoms with Crippen LogP contribution in [0.5, 0.6) is 0 Å². The van der Waals surface area contributed by atoms with Crippen LogP contribution in [0.2, 0.25) is 0 Å². The summed E-state index contributed by atoms with van der Waals surface area (Å²) >= 11 is 0. The minimum atomic E-state index is -0.198. The van der Waals surface area contributed by atoms with Crippen molar-refractivity contribution in [3.8, 4) is 0 Å². The lowest BCUT2D eigenvalue weighted by atomic mass is 10.2. The third kappa shape index (κ3) is 3.48. The van der Waals surface area contributed by atoms with Crippen LogP contribution in [-0.2, 0) is 11.3 Å². The van der Waals surface area contributed by atoms with Crippen LogP contribution in [-0.4, -0.2) is 54.0 Å². The van der Waals surface area contributed by atoms with E-state index in [1.807, 2.05) is 36.2 Å². The summed E-state index contributed by atoms with van der Waals surface area (Å²) in [6, 6.07) is 2.15. The molecule has 8 nitrogen and oxygen atoms in total. The summed E-state index contributed by atoms with van der Waals surface area (Å²) in [6.45, 7) is 7.74. The quantitative estimate of drug-likeness (QED) is 0.868. The lowest BCUT2D eigenvalue weighted by Gasteiger charge is -2.29. The van der Waals surface area contributed by atoms with Gasteiger partial charge in [0.25, 0.3) is 0 Å². The number of nitrogens with one attached hydrogen (secondary N) is 1. The highest BCUT2D eigenvalue weighted by Gasteiger charge is 2.32. The molecule has 24 heavy (non-hydrogen) atoms. The predicted octanol–water partition coefficient (Wildman–Crippen LogP) is 1.55. The van der Waals surface area contributed by atoms with Gasteiger partial charge in [-0.25, -0.2) is 9.67 Å². The number of anilines is 1. The van der Waals surface area contributed by atoms with Gasteiger partial charge in [-0.3, -0.25) is 14.4 Å². The molecule has 0 unspecified atom stereocenters. The molecule has 3 heterocycles. The summed E-state index contributed by atoms with van der Waals surface area (Å²) in [5.41, 5.74) is 0. The fraction of sp³-hybridized carbons (Fsp3) is 0.625. The Balaban J connectivity index is 1.65. The highest BCUT2D eigenvalue weighted by atomic mass is 16.2. The number of likely N-dealkylation sites (tertiary alicyclic amines) is 1. The topological polar surface area (TPSA) is 80.9 Å². The van der Waals surface area contributed by atoms with E-state index < -0.39 is 0 Å². The van der Waals surface area contributed by atoms with Crippen molar-refractivity contribution in [3.05, 3.63) is 24.9 Å². The van der Waals surface area contributed by atoms with E-state index in [0.29, 0.717) is 6.04 Å². The summed E-state index contributed by atoms with van der Waals surface area (Å²) < 4.78 is 3.66. The average Bonchev–Trinajstić information content (AvgIpc) is 3.28. The first kappa shape index (κ1) is 16.6. The molecule has 1 aliphatic heterocycles. The van der Waals surface area contributed by atoms with Gasteiger partial charge >= 0.3 is 0 Å². The Morgan fingerprint density at radius 1 is 1.38 bits per heavy atom. The fourth-order valence-corrected chi connectivity index (χ4v) is 3.31. The molecule has 130 valence electrons. The van der Waals surface area contributed by atoms with Crippen molar-refractivity contribution in [1.82, 2.24) is 29.4 Å². The van der Waals surface area contributed by atoms with E-state index in [9.17, 15) is 4.79 Å². The largest absolute Gasteiger partial charge is 0.310 e. The van der Waals surface area contributed by atoms with E-state index in [2.05, 4.69) is 25.4 Å². The maximum atomic E-state index is 12.7. The SMILES string of the molecule is CC(C)n1nccc1NC(=O)[C@@H](C)N1CCC[C@@H]1Cn1cncn1. The molecule has 1 amide bonds. The van der Waals surface area contributed by atoms with Crippen molar-refractivity contribution in [3.63, 3.8) is 0 Å². The zero-order chi connectivity index (χ0) is 17.1. The molecule has 0 radical (unpaired) electrons. The number of rotatable bonds is 6. The lowest BCUT2D eigenvalue weighted by molar-refractivity contribution is -0.121. The van der Waals surface area contributed by atoms with E-state index in [1.54, 1.807) is 18.9 Å². The van der Waals surface area contributed by atoms with Gasteiger partial charge in [0.15, 0.2) is 0 Å². The molecule has 0 bridgehead atoms. The average molecular weight is 331 g/mol. The molecular weight excluding hydrogens is 306 g/mol. The molecule has 1 N–H and O–H groups in total. The molecule has 1 fully saturated rings. The van der Waals surface area contributed by atoms with Gasteiger partial charge in [-0.15, -0.1) is 0 Å². The third-order valence-corrected chi connectivity index (χ3v) is 4.57. The van der Waals surface area contributed by atoms with E-state index in [4.69, 9.17) is 0 Å². The minimum absolute atomic E-state index is 0.00268. The van der Waals surface area contributed by atoms with E-state index in [1.165, 1.54) is 0 Å². The van der Waals surface area contributed by atoms with Gasteiger partial charge in [0.2, 0.25) is 5.91 Å². The van der Waals surface area contributed by atoms with Crippen LogP contribution in [0.1, 0.15) is 39.7 Å². The second-order valence-corrected chi connectivity index (χ2v) is 6.57. The van der Waals surface area contributed by atoms with Gasteiger partial charge in [0.1, 0.15) is 18.5 Å². The van der Waals surface area contributed by atoms with E-state index >= 15 is 0 Å². The number of hydrogen-bond acceptors (Lipinski definition) is 5. The number of amides is 1. The monoisotopic (exact) mass is 331 g/mol. The summed E-state index contributed by atoms with van der Waals surface area (Å²) in [4.78, 5) is 18.9. The molecule has 2 atom stereocenters. The first-order valence-corrected chi connectivity index (χ1v) is 8.49. The van der Waals surface area contributed by atoms with Crippen molar-refractivity contribution in [2.75, 3.05) is 11.9 Å². The molecule has 0 spiro atoms. The van der Waals surface area contributed by atoms with Gasteiger partial charge in [-0.1, -0.05) is 0 Å². The van der Waals surface area contributed by atoms with Crippen LogP contribution in [0.4, 0.5) is 5.82 Å². The normalized spacial score (nSPS) is 19.8. The van der Waals surface area contributed by atoms with E-state index in [0.717, 1.165) is 31.7 Å². The molecular formula is C16H25N7O. The number of carbonyl (C=O) groups is 1. The van der Waals surface area contributed by atoms with Gasteiger partial charge in [0, 0.05) is 18.2 Å². The zero-order valence-electron chi connectivity index (χ0n) is 14.5. The molecule has 0 aromatic carbocycles. The molecule has 0 aliphatic carbocycles. The number of aromatic nitrogens is 5. The standard InChI is InChI=1S/C16H25N7O/c1-12(2)23-15(6-7-18-23)20-16(24)13(3)22-8-4-5-14(22)9-21-11-17-10-19-21/h6-7,10-14H,4-5,8-9H2,1-3H3,(H,20,24)/t13-,14-/m1/s1. The molecule has 2 aromatic rings. The van der Waals surface area contributed by atoms with Crippen molar-refractivity contribution in [2.24, 2.45) is 0 Å². The number of hydrogen-bond donors (Lipinski definition) is 1. The molecule has 1 aliphatic rings. The van der Waals surface area contributed by atoms with Crippen LogP contribution in [0.25, 0.3) is 0 Å². The molecule has 8 heteroatoms. The summed E-state index contributed by atoms with van der Waals surface area (Å²) in [7, 11) is 0. The zero-order valence-corrected chi connectivity index (χ0v) is 14.5. The Morgan fingerprint density at radius 3 is 2.92 bits per heavy atom. The van der Waals surface area contributed by atoms with Gasteiger partial charge in [-0.05, 0) is 40.2 Å². The Labute approximate surface area is 141 Å². The van der Waals surface area contributed by atoms with Gasteiger partial charge in [-0.2, -0.15) is 10.2 Å². The number of carbonyl (C=O) groups excluding carboxylic acids is 1. The highest BCUT2D eigenvalue weighted by molar-refractivity contribution is 5.93. The Bertz CT molecular complexity index is 664. The second-order valence-electron chi connectivity index (χ2n) is 6.57. The first-order chi connectivity index (χ1) is 11.6. The van der Waals surface area contributed by atoms with Crippen molar-refractivity contribution in [1.29, 1.82) is 0 Å². The van der Waals surface area contributed by atoms with Gasteiger partial charge in [0.05, 0.1) is 18.8 Å². The Hall–Kier alpha value is -2.22. The minimum Gasteiger partial charge on any atom is -0.310 e. The molecule has 3 rings (SSSR count). The highest BCUT2D eigenvalue weighted by Crippen LogP contribution is 2.22. The van der Waals surface area contributed by atoms with Crippen LogP contribution < -0.4 is 5.32 Å². The van der Waals surface area contributed by atoms with Crippen molar-refractivity contribution in [2.45, 2.75) is 58.3 Å². The van der Waals surface area contributed by atoms with Gasteiger partial charge < -0.3 is 5.32 Å². The molecule has 0 saturated carbocycles. The van der Waals surface area contributed by atoms with Crippen LogP contribution in [0.3, 0.4) is 0 Å². The van der Waals surface area contributed by atoms with E-state index in [-0.39, 0.29) is 18.0 Å². The predicted molar refractivity (Wildman–Crippen MR) is 90.5 cm³/mol. The first-order valence-electron chi connectivity index (χ1n) is 8.49. The summed E-state index contributed by atoms with van der Waals surface area (Å²) in [5.74, 6) is 0.747. The summed E-state index contributed by atoms with van der Waals surface area (Å²) in [5, 5.41) is 11.5. The third-order valence-electron chi connectivity index (χ3n) is 4.57. The van der Waals surface area contributed by atoms with Crippen LogP contribution >= 0.6 is 0 Å². The molecule has 1 saturated heterocycles. The lowest BCUT2D eigenvalue weighted by Crippen LogP contribution is -2.46. The molecule has 2 aromatic heterocycles. The van der Waals surface area contributed by atoms with Crippen LogP contribution in [0.15, 0.2) is 24.9 Å². The second kappa shape index (κ2) is 7.12. The Kier molecular flexibility index (Phi) is 4.94. The Morgan fingerprint density at radius 2 is 2.21 bits per heavy atom. The van der Waals surface area contributed by atoms with Crippen LogP contribution in [0, 0.1) is 0 Å². The summed E-state index contributed by atoms with van der Waals surface area (Å²) in [6.07, 6.45) is 7.15. The smallest absolute Gasteiger partial charge is 0.242 e. The maximum Gasteiger partial charge on any atom is 0.242 e. The maximum absolute atomic E-state index is 12.7.